The van der Waals surface area contributed by atoms with Crippen LogP contribution in [0.15, 0.2) is 6.33 Å². The number of nitrogens with two attached hydrogens (primary N) is 2. The van der Waals surface area contributed by atoms with Crippen LogP contribution in [0.2, 0.25) is 0 Å². The Hall–Kier alpha value is -1.63. The highest BCUT2D eigenvalue weighted by molar-refractivity contribution is 7.53. The summed E-state index contributed by atoms with van der Waals surface area (Å²) < 4.78 is 62.0. The number of anilines is 2. The van der Waals surface area contributed by atoms with Crippen molar-refractivity contribution < 1.29 is 36.7 Å². The molecule has 38 heavy (non-hydrogen) atoms. The van der Waals surface area contributed by atoms with Gasteiger partial charge in [-0.2, -0.15) is 9.97 Å². The largest absolute Gasteiger partial charge is 0.382 e. The van der Waals surface area contributed by atoms with Crippen LogP contribution in [0.1, 0.15) is 61.4 Å². The predicted octanol–water partition coefficient (Wildman–Crippen LogP) is 4.57. The first-order valence-corrected chi connectivity index (χ1v) is 15.9. The first kappa shape index (κ1) is 32.6. The summed E-state index contributed by atoms with van der Waals surface area (Å²) in [5.74, 6) is 0.0878. The van der Waals surface area contributed by atoms with Crippen molar-refractivity contribution in [3.05, 3.63) is 6.33 Å². The van der Waals surface area contributed by atoms with Gasteiger partial charge in [-0.1, -0.05) is 0 Å². The van der Waals surface area contributed by atoms with Crippen molar-refractivity contribution in [3.63, 3.8) is 0 Å². The molecule has 0 atom stereocenters. The van der Waals surface area contributed by atoms with E-state index in [1.807, 2.05) is 0 Å². The van der Waals surface area contributed by atoms with Crippen LogP contribution in [0.3, 0.4) is 0 Å². The van der Waals surface area contributed by atoms with E-state index < -0.39 is 21.2 Å². The fourth-order valence-corrected chi connectivity index (χ4v) is 7.06. The van der Waals surface area contributed by atoms with Crippen LogP contribution in [-0.4, -0.2) is 69.8 Å². The van der Waals surface area contributed by atoms with Gasteiger partial charge in [0.1, 0.15) is 18.2 Å². The SMILES string of the molecule is CC(C)OP(=O)(COCC(COCP(=O)(OC(C)C)OC(C)C)n1cnc2c(N)nc(N)nc21)OC(C)C. The second kappa shape index (κ2) is 14.1. The number of nitrogens with zero attached hydrogens (tertiary/aromatic N) is 4. The van der Waals surface area contributed by atoms with Crippen molar-refractivity contribution in [2.45, 2.75) is 85.8 Å². The number of hydrogen-bond acceptors (Lipinski definition) is 13. The summed E-state index contributed by atoms with van der Waals surface area (Å²) in [6.07, 6.45) is -0.431. The average molecular weight is 581 g/mol. The lowest BCUT2D eigenvalue weighted by Gasteiger charge is -2.26. The molecule has 2 aromatic heterocycles. The van der Waals surface area contributed by atoms with Crippen molar-refractivity contribution in [3.8, 4) is 0 Å². The quantitative estimate of drug-likeness (QED) is 0.248. The Balaban J connectivity index is 2.27. The maximum Gasteiger partial charge on any atom is 0.356 e. The zero-order valence-corrected chi connectivity index (χ0v) is 25.2. The second-order valence-corrected chi connectivity index (χ2v) is 13.6. The number of imidazole rings is 1. The molecule has 0 saturated heterocycles. The van der Waals surface area contributed by atoms with E-state index in [0.29, 0.717) is 11.2 Å². The molecule has 0 radical (unpaired) electrons. The molecular formula is C22H42N6O8P2. The van der Waals surface area contributed by atoms with E-state index in [-0.39, 0.29) is 62.1 Å². The van der Waals surface area contributed by atoms with Gasteiger partial charge in [-0.3, -0.25) is 9.13 Å². The van der Waals surface area contributed by atoms with Crippen LogP contribution in [0.5, 0.6) is 0 Å². The van der Waals surface area contributed by atoms with E-state index >= 15 is 0 Å². The number of rotatable bonds is 17. The summed E-state index contributed by atoms with van der Waals surface area (Å²) in [6, 6.07) is -0.577. The molecule has 0 fully saturated rings. The third kappa shape index (κ3) is 10.2. The molecule has 2 aromatic rings. The van der Waals surface area contributed by atoms with E-state index in [9.17, 15) is 9.13 Å². The number of hydrogen-bond donors (Lipinski definition) is 2. The van der Waals surface area contributed by atoms with Gasteiger partial charge in [-0.25, -0.2) is 4.98 Å². The van der Waals surface area contributed by atoms with Gasteiger partial charge in [0.2, 0.25) is 5.95 Å². The Bertz CT molecular complexity index is 1050. The number of aromatic nitrogens is 4. The topological polar surface area (TPSA) is 185 Å². The maximum atomic E-state index is 13.2. The minimum atomic E-state index is -3.55. The monoisotopic (exact) mass is 580 g/mol. The normalized spacial score (nSPS) is 13.3. The summed E-state index contributed by atoms with van der Waals surface area (Å²) >= 11 is 0. The van der Waals surface area contributed by atoms with Crippen LogP contribution in [-0.2, 0) is 36.7 Å². The molecule has 0 aliphatic heterocycles. The predicted molar refractivity (Wildman–Crippen MR) is 145 cm³/mol. The Labute approximate surface area is 224 Å². The molecule has 218 valence electrons. The number of fused-ring (bicyclic) bond motifs is 1. The molecule has 2 heterocycles. The first-order valence-electron chi connectivity index (χ1n) is 12.5. The zero-order valence-electron chi connectivity index (χ0n) is 23.4. The lowest BCUT2D eigenvalue weighted by atomic mass is 10.3. The molecule has 16 heteroatoms. The molecule has 0 bridgehead atoms. The Morgan fingerprint density at radius 1 is 0.763 bits per heavy atom. The zero-order chi connectivity index (χ0) is 28.7. The van der Waals surface area contributed by atoms with E-state index in [1.165, 1.54) is 6.33 Å². The number of ether oxygens (including phenoxy) is 2. The molecule has 4 N–H and O–H groups in total. The minimum absolute atomic E-state index is 0.0114. The fourth-order valence-electron chi connectivity index (χ4n) is 3.49. The van der Waals surface area contributed by atoms with Gasteiger partial charge in [-0.15, -0.1) is 0 Å². The summed E-state index contributed by atoms with van der Waals surface area (Å²) in [6.45, 7) is 14.1. The Morgan fingerprint density at radius 2 is 1.18 bits per heavy atom. The smallest absolute Gasteiger partial charge is 0.356 e. The van der Waals surface area contributed by atoms with Gasteiger partial charge in [-0.05, 0) is 55.4 Å². The van der Waals surface area contributed by atoms with Gasteiger partial charge < -0.3 is 43.6 Å². The van der Waals surface area contributed by atoms with E-state index in [0.717, 1.165) is 0 Å². The summed E-state index contributed by atoms with van der Waals surface area (Å²) in [5.41, 5.74) is 12.5. The van der Waals surface area contributed by atoms with Crippen molar-refractivity contribution in [2.75, 3.05) is 37.4 Å². The maximum absolute atomic E-state index is 13.2. The number of nitrogen functional groups attached to an aromatic ring is 2. The molecule has 0 aromatic carbocycles. The van der Waals surface area contributed by atoms with Gasteiger partial charge in [0.25, 0.3) is 0 Å². The van der Waals surface area contributed by atoms with Gasteiger partial charge in [0, 0.05) is 0 Å². The van der Waals surface area contributed by atoms with Crippen LogP contribution in [0.25, 0.3) is 11.2 Å². The lowest BCUT2D eigenvalue weighted by Crippen LogP contribution is -2.23. The van der Waals surface area contributed by atoms with Crippen LogP contribution < -0.4 is 11.5 Å². The standard InChI is InChI=1S/C22H42N6O8P2/c1-14(2)33-37(29,34-15(3)4)12-31-9-18(10-32-13-38(30,35-16(5)6)36-17(7)8)28-11-25-19-20(23)26-22(24)27-21(19)28/h11,14-18H,9-10,12-13H2,1-8H3,(H4,23,24,26,27). The minimum Gasteiger partial charge on any atom is -0.382 e. The molecule has 0 spiro atoms. The molecule has 0 unspecified atom stereocenters. The van der Waals surface area contributed by atoms with Gasteiger partial charge in [0.15, 0.2) is 11.5 Å². The Morgan fingerprint density at radius 3 is 1.58 bits per heavy atom. The van der Waals surface area contributed by atoms with E-state index in [1.54, 1.807) is 60.0 Å². The van der Waals surface area contributed by atoms with Crippen molar-refractivity contribution in [1.82, 2.24) is 19.5 Å². The average Bonchev–Trinajstić information content (AvgIpc) is 3.14. The van der Waals surface area contributed by atoms with Crippen molar-refractivity contribution in [2.24, 2.45) is 0 Å². The highest BCUT2D eigenvalue weighted by Gasteiger charge is 2.31. The van der Waals surface area contributed by atoms with Crippen molar-refractivity contribution in [1.29, 1.82) is 0 Å². The Kier molecular flexibility index (Phi) is 12.1. The van der Waals surface area contributed by atoms with Crippen LogP contribution in [0.4, 0.5) is 11.8 Å². The van der Waals surface area contributed by atoms with E-state index in [2.05, 4.69) is 15.0 Å². The van der Waals surface area contributed by atoms with Crippen molar-refractivity contribution >= 4 is 38.1 Å². The molecular weight excluding hydrogens is 538 g/mol. The van der Waals surface area contributed by atoms with Crippen LogP contribution in [0, 0.1) is 0 Å². The molecule has 0 aliphatic rings. The van der Waals surface area contributed by atoms with Gasteiger partial charge >= 0.3 is 15.2 Å². The van der Waals surface area contributed by atoms with E-state index in [4.69, 9.17) is 39.0 Å². The van der Waals surface area contributed by atoms with Gasteiger partial charge in [0.05, 0.1) is 50.0 Å². The molecule has 0 saturated carbocycles. The molecule has 14 nitrogen and oxygen atoms in total. The summed E-state index contributed by atoms with van der Waals surface area (Å²) in [7, 11) is -7.10. The molecule has 0 amide bonds. The first-order chi connectivity index (χ1) is 17.6. The second-order valence-electron chi connectivity index (χ2n) is 9.78. The molecule has 0 aliphatic carbocycles. The fraction of sp³-hybridized carbons (Fsp3) is 0.773. The molecule has 2 rings (SSSR count). The summed E-state index contributed by atoms with van der Waals surface area (Å²) in [4.78, 5) is 12.5. The third-order valence-electron chi connectivity index (χ3n) is 4.46. The van der Waals surface area contributed by atoms with Crippen LogP contribution >= 0.6 is 15.2 Å². The lowest BCUT2D eigenvalue weighted by molar-refractivity contribution is 0.0474. The third-order valence-corrected chi connectivity index (χ3v) is 8.43. The highest BCUT2D eigenvalue weighted by atomic mass is 31.2. The summed E-state index contributed by atoms with van der Waals surface area (Å²) in [5, 5.41) is 0. The highest BCUT2D eigenvalue weighted by Crippen LogP contribution is 2.51.